The topological polar surface area (TPSA) is 66.5 Å². The Labute approximate surface area is 141 Å². The molecule has 7 heteroatoms. The summed E-state index contributed by atoms with van der Waals surface area (Å²) in [5.74, 6) is 1.84. The molecule has 0 atom stereocenters. The minimum Gasteiger partial charge on any atom is -0.347 e. The largest absolute Gasteiger partial charge is 0.347 e. The average molecular weight is 336 g/mol. The molecule has 1 aromatic heterocycles. The third kappa shape index (κ3) is 4.96. The highest BCUT2D eigenvalue weighted by Gasteiger charge is 2.11. The van der Waals surface area contributed by atoms with Crippen molar-refractivity contribution in [1.29, 1.82) is 0 Å². The van der Waals surface area contributed by atoms with E-state index in [0.29, 0.717) is 23.3 Å². The molecule has 2 aromatic rings. The van der Waals surface area contributed by atoms with Gasteiger partial charge in [-0.2, -0.15) is 4.98 Å². The smallest absolute Gasteiger partial charge is 0.246 e. The van der Waals surface area contributed by atoms with Crippen LogP contribution in [-0.4, -0.2) is 41.6 Å². The van der Waals surface area contributed by atoms with Crippen LogP contribution in [0.15, 0.2) is 33.8 Å². The molecule has 1 N–H and O–H groups in total. The molecule has 0 aliphatic carbocycles. The minimum absolute atomic E-state index is 0.427. The zero-order valence-electron chi connectivity index (χ0n) is 13.7. The first-order valence-electron chi connectivity index (χ1n) is 7.64. The number of hydrogen-bond acceptors (Lipinski definition) is 4. The van der Waals surface area contributed by atoms with Crippen LogP contribution >= 0.6 is 11.6 Å². The molecule has 1 aromatic carbocycles. The van der Waals surface area contributed by atoms with Crippen molar-refractivity contribution >= 4 is 17.6 Å². The third-order valence-corrected chi connectivity index (χ3v) is 3.60. The van der Waals surface area contributed by atoms with Crippen LogP contribution in [0.5, 0.6) is 0 Å². The Hall–Kier alpha value is -2.08. The second kappa shape index (κ2) is 8.53. The van der Waals surface area contributed by atoms with Gasteiger partial charge < -0.3 is 14.7 Å². The van der Waals surface area contributed by atoms with E-state index in [2.05, 4.69) is 32.3 Å². The molecular formula is C16H22ClN5O. The predicted molar refractivity (Wildman–Crippen MR) is 92.5 cm³/mol. The van der Waals surface area contributed by atoms with Crippen LogP contribution in [0.3, 0.4) is 0 Å². The monoisotopic (exact) mass is 335 g/mol. The van der Waals surface area contributed by atoms with Crippen LogP contribution < -0.4 is 5.32 Å². The molecule has 0 saturated heterocycles. The number of rotatable bonds is 6. The van der Waals surface area contributed by atoms with Gasteiger partial charge in [0, 0.05) is 31.2 Å². The van der Waals surface area contributed by atoms with E-state index >= 15 is 0 Å². The Balaban J connectivity index is 1.96. The fourth-order valence-electron chi connectivity index (χ4n) is 2.11. The number of guanidine groups is 1. The summed E-state index contributed by atoms with van der Waals surface area (Å²) in [6.45, 7) is 3.55. The molecule has 0 spiro atoms. The van der Waals surface area contributed by atoms with Gasteiger partial charge in [-0.15, -0.1) is 0 Å². The van der Waals surface area contributed by atoms with Crippen LogP contribution in [0.1, 0.15) is 25.7 Å². The average Bonchev–Trinajstić information content (AvgIpc) is 3.02. The van der Waals surface area contributed by atoms with E-state index in [-0.39, 0.29) is 0 Å². The van der Waals surface area contributed by atoms with Crippen LogP contribution in [0.25, 0.3) is 11.4 Å². The standard InChI is InChI=1S/C16H22ClN5O/c1-4-5-9-22(3)16(18-2)19-11-14-20-15(21-23-14)12-7-6-8-13(17)10-12/h6-8,10H,4-5,9,11H2,1-3H3,(H,18,19). The predicted octanol–water partition coefficient (Wildman–Crippen LogP) is 3.20. The van der Waals surface area contributed by atoms with Crippen molar-refractivity contribution in [3.05, 3.63) is 35.2 Å². The van der Waals surface area contributed by atoms with Crippen molar-refractivity contribution in [3.8, 4) is 11.4 Å². The molecular weight excluding hydrogens is 314 g/mol. The second-order valence-corrected chi connectivity index (χ2v) is 5.63. The lowest BCUT2D eigenvalue weighted by molar-refractivity contribution is 0.371. The van der Waals surface area contributed by atoms with Gasteiger partial charge in [0.15, 0.2) is 5.96 Å². The summed E-state index contributed by atoms with van der Waals surface area (Å²) >= 11 is 5.98. The van der Waals surface area contributed by atoms with E-state index in [1.165, 1.54) is 0 Å². The maximum absolute atomic E-state index is 5.98. The fraction of sp³-hybridized carbons (Fsp3) is 0.438. The molecule has 0 bridgehead atoms. The van der Waals surface area contributed by atoms with E-state index in [4.69, 9.17) is 16.1 Å². The summed E-state index contributed by atoms with van der Waals surface area (Å²) in [6.07, 6.45) is 2.27. The highest BCUT2D eigenvalue weighted by molar-refractivity contribution is 6.30. The quantitative estimate of drug-likeness (QED) is 0.648. The maximum Gasteiger partial charge on any atom is 0.246 e. The molecule has 0 radical (unpaired) electrons. The summed E-state index contributed by atoms with van der Waals surface area (Å²) in [5, 5.41) is 7.86. The van der Waals surface area contributed by atoms with Gasteiger partial charge in [0.2, 0.25) is 11.7 Å². The number of hydrogen-bond donors (Lipinski definition) is 1. The van der Waals surface area contributed by atoms with Crippen LogP contribution in [0.2, 0.25) is 5.02 Å². The fourth-order valence-corrected chi connectivity index (χ4v) is 2.30. The van der Waals surface area contributed by atoms with Gasteiger partial charge in [0.05, 0.1) is 6.54 Å². The SMILES string of the molecule is CCCCN(C)C(=NC)NCc1nc(-c2cccc(Cl)c2)no1. The highest BCUT2D eigenvalue weighted by Crippen LogP contribution is 2.19. The molecule has 1 heterocycles. The zero-order chi connectivity index (χ0) is 16.7. The van der Waals surface area contributed by atoms with Crippen molar-refractivity contribution in [2.45, 2.75) is 26.3 Å². The van der Waals surface area contributed by atoms with E-state index in [0.717, 1.165) is 30.9 Å². The Morgan fingerprint density at radius 3 is 2.96 bits per heavy atom. The first-order chi connectivity index (χ1) is 11.1. The second-order valence-electron chi connectivity index (χ2n) is 5.20. The lowest BCUT2D eigenvalue weighted by atomic mass is 10.2. The Morgan fingerprint density at radius 1 is 1.43 bits per heavy atom. The Bertz CT molecular complexity index is 655. The molecule has 0 saturated carbocycles. The molecule has 6 nitrogen and oxygen atoms in total. The van der Waals surface area contributed by atoms with Gasteiger partial charge in [0.25, 0.3) is 0 Å². The molecule has 0 fully saturated rings. The number of nitrogens with zero attached hydrogens (tertiary/aromatic N) is 4. The number of nitrogens with one attached hydrogen (secondary N) is 1. The molecule has 2 rings (SSSR count). The lowest BCUT2D eigenvalue weighted by Gasteiger charge is -2.21. The molecule has 0 unspecified atom stereocenters. The van der Waals surface area contributed by atoms with E-state index in [1.54, 1.807) is 13.1 Å². The van der Waals surface area contributed by atoms with Gasteiger partial charge in [-0.1, -0.05) is 42.2 Å². The van der Waals surface area contributed by atoms with Gasteiger partial charge in [0.1, 0.15) is 0 Å². The van der Waals surface area contributed by atoms with Crippen LogP contribution in [0, 0.1) is 0 Å². The first-order valence-corrected chi connectivity index (χ1v) is 8.02. The number of unbranched alkanes of at least 4 members (excludes halogenated alkanes) is 1. The lowest BCUT2D eigenvalue weighted by Crippen LogP contribution is -2.39. The maximum atomic E-state index is 5.98. The normalized spacial score (nSPS) is 11.6. The number of aliphatic imine (C=N–C) groups is 1. The van der Waals surface area contributed by atoms with Crippen molar-refractivity contribution in [2.75, 3.05) is 20.6 Å². The molecule has 23 heavy (non-hydrogen) atoms. The van der Waals surface area contributed by atoms with E-state index in [9.17, 15) is 0 Å². The summed E-state index contributed by atoms with van der Waals surface area (Å²) in [4.78, 5) is 10.7. The van der Waals surface area contributed by atoms with Gasteiger partial charge in [-0.3, -0.25) is 4.99 Å². The third-order valence-electron chi connectivity index (χ3n) is 3.37. The number of halogens is 1. The van der Waals surface area contributed by atoms with Crippen molar-refractivity contribution in [1.82, 2.24) is 20.4 Å². The zero-order valence-corrected chi connectivity index (χ0v) is 14.5. The Morgan fingerprint density at radius 2 is 2.26 bits per heavy atom. The first kappa shape index (κ1) is 17.3. The van der Waals surface area contributed by atoms with E-state index < -0.39 is 0 Å². The molecule has 124 valence electrons. The van der Waals surface area contributed by atoms with E-state index in [1.807, 2.05) is 25.2 Å². The van der Waals surface area contributed by atoms with Crippen molar-refractivity contribution < 1.29 is 4.52 Å². The molecule has 0 aliphatic heterocycles. The highest BCUT2D eigenvalue weighted by atomic mass is 35.5. The Kier molecular flexibility index (Phi) is 6.40. The van der Waals surface area contributed by atoms with Crippen LogP contribution in [-0.2, 0) is 6.54 Å². The van der Waals surface area contributed by atoms with Gasteiger partial charge >= 0.3 is 0 Å². The summed E-state index contributed by atoms with van der Waals surface area (Å²) < 4.78 is 5.27. The number of aromatic nitrogens is 2. The summed E-state index contributed by atoms with van der Waals surface area (Å²) in [7, 11) is 3.77. The summed E-state index contributed by atoms with van der Waals surface area (Å²) in [5.41, 5.74) is 0.831. The molecule has 0 aliphatic rings. The van der Waals surface area contributed by atoms with Gasteiger partial charge in [-0.05, 0) is 18.6 Å². The number of benzene rings is 1. The molecule has 0 amide bonds. The summed E-state index contributed by atoms with van der Waals surface area (Å²) in [6, 6.07) is 7.37. The van der Waals surface area contributed by atoms with Crippen molar-refractivity contribution in [2.24, 2.45) is 4.99 Å². The van der Waals surface area contributed by atoms with Crippen molar-refractivity contribution in [3.63, 3.8) is 0 Å². The minimum atomic E-state index is 0.427. The van der Waals surface area contributed by atoms with Gasteiger partial charge in [-0.25, -0.2) is 0 Å². The van der Waals surface area contributed by atoms with Crippen LogP contribution in [0.4, 0.5) is 0 Å².